The molecule has 1 aliphatic carbocycles. The molecule has 0 radical (unpaired) electrons. The normalized spacial score (nSPS) is 14.8. The summed E-state index contributed by atoms with van der Waals surface area (Å²) in [6.07, 6.45) is 4.26. The van der Waals surface area contributed by atoms with Crippen molar-refractivity contribution in [2.45, 2.75) is 33.1 Å². The van der Waals surface area contributed by atoms with Crippen LogP contribution in [0.1, 0.15) is 37.8 Å². The van der Waals surface area contributed by atoms with Gasteiger partial charge in [0.15, 0.2) is 11.5 Å². The zero-order valence-corrected chi connectivity index (χ0v) is 13.1. The Balaban J connectivity index is 2.24. The van der Waals surface area contributed by atoms with Gasteiger partial charge in [0.1, 0.15) is 5.76 Å². The van der Waals surface area contributed by atoms with Crippen LogP contribution < -0.4 is 9.47 Å². The van der Waals surface area contributed by atoms with E-state index in [0.29, 0.717) is 5.75 Å². The minimum atomic E-state index is -0.160. The van der Waals surface area contributed by atoms with Crippen molar-refractivity contribution in [3.05, 3.63) is 29.0 Å². The maximum absolute atomic E-state index is 11.9. The van der Waals surface area contributed by atoms with Crippen molar-refractivity contribution >= 4 is 12.0 Å². The van der Waals surface area contributed by atoms with Gasteiger partial charge < -0.3 is 14.2 Å². The molecule has 1 atom stereocenters. The number of ether oxygens (including phenoxy) is 3. The van der Waals surface area contributed by atoms with Gasteiger partial charge in [0.25, 0.3) is 0 Å². The van der Waals surface area contributed by atoms with E-state index >= 15 is 0 Å². The van der Waals surface area contributed by atoms with Gasteiger partial charge in [-0.25, -0.2) is 0 Å². The fraction of sp³-hybridized carbons (Fsp3) is 0.471. The molecule has 1 aliphatic rings. The van der Waals surface area contributed by atoms with Crippen molar-refractivity contribution in [2.75, 3.05) is 14.2 Å². The van der Waals surface area contributed by atoms with Crippen molar-refractivity contribution in [3.63, 3.8) is 0 Å². The molecule has 0 amide bonds. The first-order chi connectivity index (χ1) is 10.1. The minimum Gasteiger partial charge on any atom is -0.493 e. The van der Waals surface area contributed by atoms with E-state index in [-0.39, 0.29) is 11.9 Å². The maximum Gasteiger partial charge on any atom is 0.313 e. The van der Waals surface area contributed by atoms with Gasteiger partial charge in [-0.1, -0.05) is 13.8 Å². The summed E-state index contributed by atoms with van der Waals surface area (Å²) < 4.78 is 16.1. The third-order valence-corrected chi connectivity index (χ3v) is 3.85. The lowest BCUT2D eigenvalue weighted by molar-refractivity contribution is -0.143. The molecule has 4 nitrogen and oxygen atoms in total. The number of esters is 1. The Kier molecular flexibility index (Phi) is 4.89. The fourth-order valence-corrected chi connectivity index (χ4v) is 2.27. The molecule has 0 N–H and O–H groups in total. The van der Waals surface area contributed by atoms with Gasteiger partial charge in [0.05, 0.1) is 20.1 Å². The second-order valence-corrected chi connectivity index (χ2v) is 5.25. The second-order valence-electron chi connectivity index (χ2n) is 5.25. The number of rotatable bonds is 5. The van der Waals surface area contributed by atoms with Crippen LogP contribution in [0.3, 0.4) is 0 Å². The molecule has 0 saturated carbocycles. The summed E-state index contributed by atoms with van der Waals surface area (Å²) in [5.41, 5.74) is 2.20. The average Bonchev–Trinajstić information content (AvgIpc) is 2.52. The van der Waals surface area contributed by atoms with E-state index < -0.39 is 0 Å². The molecule has 1 aromatic rings. The monoisotopic (exact) mass is 290 g/mol. The number of carbonyl (C=O) groups excluding carboxylic acids is 1. The molecule has 0 bridgehead atoms. The lowest BCUT2D eigenvalue weighted by Crippen LogP contribution is -2.15. The van der Waals surface area contributed by atoms with Crippen LogP contribution in [0.2, 0.25) is 0 Å². The van der Waals surface area contributed by atoms with Crippen LogP contribution in [0.5, 0.6) is 11.5 Å². The first-order valence-corrected chi connectivity index (χ1v) is 7.26. The zero-order valence-electron chi connectivity index (χ0n) is 13.1. The Hall–Kier alpha value is -1.97. The van der Waals surface area contributed by atoms with Crippen LogP contribution >= 0.6 is 0 Å². The molecular weight excluding hydrogens is 268 g/mol. The average molecular weight is 290 g/mol. The molecule has 21 heavy (non-hydrogen) atoms. The summed E-state index contributed by atoms with van der Waals surface area (Å²) in [4.78, 5) is 11.9. The van der Waals surface area contributed by atoms with E-state index in [0.717, 1.165) is 36.3 Å². The Morgan fingerprint density at radius 1 is 1.19 bits per heavy atom. The lowest BCUT2D eigenvalue weighted by Gasteiger charge is -2.19. The van der Waals surface area contributed by atoms with E-state index in [1.165, 1.54) is 5.56 Å². The number of hydrogen-bond donors (Lipinski definition) is 0. The number of aryl methyl sites for hydroxylation is 1. The standard InChI is InChI=1S/C17H22O4/c1-5-11(2)17(18)21-14-7-6-12-9-15(19-3)16(20-4)10-13(12)8-14/h8-11H,5-7H2,1-4H3. The number of carbonyl (C=O) groups is 1. The van der Waals surface area contributed by atoms with Crippen molar-refractivity contribution in [2.24, 2.45) is 5.92 Å². The molecule has 0 aromatic heterocycles. The van der Waals surface area contributed by atoms with Crippen LogP contribution in [0.4, 0.5) is 0 Å². The fourth-order valence-electron chi connectivity index (χ4n) is 2.27. The number of hydrogen-bond acceptors (Lipinski definition) is 4. The van der Waals surface area contributed by atoms with Gasteiger partial charge in [0.2, 0.25) is 0 Å². The van der Waals surface area contributed by atoms with E-state index in [2.05, 4.69) is 0 Å². The summed E-state index contributed by atoms with van der Waals surface area (Å²) in [6.45, 7) is 3.86. The van der Waals surface area contributed by atoms with Crippen LogP contribution in [0.25, 0.3) is 6.08 Å². The van der Waals surface area contributed by atoms with Gasteiger partial charge in [-0.05, 0) is 42.2 Å². The summed E-state index contributed by atoms with van der Waals surface area (Å²) in [5, 5.41) is 0. The van der Waals surface area contributed by atoms with Gasteiger partial charge in [0, 0.05) is 6.42 Å². The zero-order chi connectivity index (χ0) is 15.4. The highest BCUT2D eigenvalue weighted by atomic mass is 16.5. The SMILES string of the molecule is CCC(C)C(=O)OC1=Cc2cc(OC)c(OC)cc2CC1. The van der Waals surface area contributed by atoms with Crippen molar-refractivity contribution in [3.8, 4) is 11.5 Å². The lowest BCUT2D eigenvalue weighted by atomic mass is 9.95. The predicted octanol–water partition coefficient (Wildman–Crippen LogP) is 3.58. The molecule has 2 rings (SSSR count). The molecule has 114 valence electrons. The van der Waals surface area contributed by atoms with Gasteiger partial charge >= 0.3 is 5.97 Å². The summed E-state index contributed by atoms with van der Waals surface area (Å²) in [5.74, 6) is 1.90. The van der Waals surface area contributed by atoms with Gasteiger partial charge in [-0.2, -0.15) is 0 Å². The molecule has 4 heteroatoms. The Morgan fingerprint density at radius 3 is 2.48 bits per heavy atom. The van der Waals surface area contributed by atoms with Crippen LogP contribution in [-0.4, -0.2) is 20.2 Å². The number of allylic oxidation sites excluding steroid dienone is 1. The van der Waals surface area contributed by atoms with Crippen LogP contribution in [0, 0.1) is 5.92 Å². The predicted molar refractivity (Wildman–Crippen MR) is 81.4 cm³/mol. The summed E-state index contributed by atoms with van der Waals surface area (Å²) in [7, 11) is 3.24. The third-order valence-electron chi connectivity index (χ3n) is 3.85. The quantitative estimate of drug-likeness (QED) is 0.778. The Morgan fingerprint density at radius 2 is 1.86 bits per heavy atom. The largest absolute Gasteiger partial charge is 0.493 e. The first kappa shape index (κ1) is 15.4. The summed E-state index contributed by atoms with van der Waals surface area (Å²) >= 11 is 0. The second kappa shape index (κ2) is 6.66. The molecule has 0 saturated heterocycles. The van der Waals surface area contributed by atoms with E-state index in [1.54, 1.807) is 14.2 Å². The van der Waals surface area contributed by atoms with Crippen LogP contribution in [0.15, 0.2) is 17.9 Å². The van der Waals surface area contributed by atoms with E-state index in [1.807, 2.05) is 32.1 Å². The molecule has 0 spiro atoms. The van der Waals surface area contributed by atoms with Crippen molar-refractivity contribution in [1.29, 1.82) is 0 Å². The highest BCUT2D eigenvalue weighted by Gasteiger charge is 2.19. The van der Waals surface area contributed by atoms with Crippen molar-refractivity contribution in [1.82, 2.24) is 0 Å². The number of benzene rings is 1. The maximum atomic E-state index is 11.9. The molecule has 0 fully saturated rings. The molecule has 1 unspecified atom stereocenters. The topological polar surface area (TPSA) is 44.8 Å². The highest BCUT2D eigenvalue weighted by molar-refractivity contribution is 5.75. The van der Waals surface area contributed by atoms with E-state index in [4.69, 9.17) is 14.2 Å². The smallest absolute Gasteiger partial charge is 0.313 e. The van der Waals surface area contributed by atoms with Crippen LogP contribution in [-0.2, 0) is 16.0 Å². The van der Waals surface area contributed by atoms with Crippen molar-refractivity contribution < 1.29 is 19.0 Å². The number of fused-ring (bicyclic) bond motifs is 1. The summed E-state index contributed by atoms with van der Waals surface area (Å²) in [6, 6.07) is 3.91. The first-order valence-electron chi connectivity index (χ1n) is 7.26. The minimum absolute atomic E-state index is 0.0716. The van der Waals surface area contributed by atoms with Gasteiger partial charge in [-0.3, -0.25) is 4.79 Å². The Bertz CT molecular complexity index is 560. The van der Waals surface area contributed by atoms with Gasteiger partial charge in [-0.15, -0.1) is 0 Å². The highest BCUT2D eigenvalue weighted by Crippen LogP contribution is 2.35. The molecule has 1 aromatic carbocycles. The van der Waals surface area contributed by atoms with E-state index in [9.17, 15) is 4.79 Å². The molecule has 0 aliphatic heterocycles. The molecule has 0 heterocycles. The Labute approximate surface area is 125 Å². The number of methoxy groups -OCH3 is 2. The molecular formula is C17H22O4. The third kappa shape index (κ3) is 3.38.